The highest BCUT2D eigenvalue weighted by Crippen LogP contribution is 2.34. The van der Waals surface area contributed by atoms with Crippen molar-refractivity contribution in [3.8, 4) is 0 Å². The summed E-state index contributed by atoms with van der Waals surface area (Å²) in [7, 11) is 0. The van der Waals surface area contributed by atoms with Crippen LogP contribution >= 0.6 is 0 Å². The second-order valence-corrected chi connectivity index (χ2v) is 5.60. The Morgan fingerprint density at radius 3 is 2.60 bits per heavy atom. The van der Waals surface area contributed by atoms with Crippen molar-refractivity contribution in [3.05, 3.63) is 34.4 Å². The van der Waals surface area contributed by atoms with Gasteiger partial charge in [0.25, 0.3) is 0 Å². The Bertz CT molecular complexity index is 547. The zero-order valence-corrected chi connectivity index (χ0v) is 12.4. The Balaban J connectivity index is 2.28. The minimum absolute atomic E-state index is 0.261. The topological polar surface area (TPSA) is 52.6 Å². The summed E-state index contributed by atoms with van der Waals surface area (Å²) in [6.07, 6.45) is 5.00. The first-order chi connectivity index (χ1) is 9.34. The summed E-state index contributed by atoms with van der Waals surface area (Å²) < 4.78 is 10.3. The molecule has 0 unspecified atom stereocenters. The van der Waals surface area contributed by atoms with Gasteiger partial charge in [0.1, 0.15) is 5.60 Å². The molecule has 0 saturated carbocycles. The van der Waals surface area contributed by atoms with Crippen LogP contribution < -0.4 is 0 Å². The van der Waals surface area contributed by atoms with Crippen LogP contribution in [0.15, 0.2) is 34.4 Å². The number of carbonyl (C=O) groups excluding carboxylic acids is 2. The average molecular weight is 276 g/mol. The molecule has 0 bridgehead atoms. The second kappa shape index (κ2) is 5.27. The molecular formula is C16H20O4. The molecule has 0 saturated heterocycles. The van der Waals surface area contributed by atoms with Crippen LogP contribution in [-0.4, -0.2) is 24.1 Å². The first-order valence-corrected chi connectivity index (χ1v) is 6.88. The van der Waals surface area contributed by atoms with E-state index in [4.69, 9.17) is 9.47 Å². The van der Waals surface area contributed by atoms with Crippen LogP contribution in [0.5, 0.6) is 0 Å². The highest BCUT2D eigenvalue weighted by molar-refractivity contribution is 5.97. The number of esters is 2. The van der Waals surface area contributed by atoms with Crippen molar-refractivity contribution in [3.63, 3.8) is 0 Å². The highest BCUT2D eigenvalue weighted by Gasteiger charge is 2.34. The average Bonchev–Trinajstić information content (AvgIpc) is 2.62. The van der Waals surface area contributed by atoms with Crippen molar-refractivity contribution in [1.29, 1.82) is 0 Å². The van der Waals surface area contributed by atoms with Gasteiger partial charge in [0, 0.05) is 5.57 Å². The van der Waals surface area contributed by atoms with Crippen molar-refractivity contribution in [2.24, 2.45) is 0 Å². The van der Waals surface area contributed by atoms with Gasteiger partial charge in [-0.25, -0.2) is 9.59 Å². The molecule has 2 aliphatic rings. The number of rotatable bonds is 3. The first kappa shape index (κ1) is 14.6. The van der Waals surface area contributed by atoms with Gasteiger partial charge in [-0.05, 0) is 57.8 Å². The van der Waals surface area contributed by atoms with E-state index >= 15 is 0 Å². The van der Waals surface area contributed by atoms with Crippen LogP contribution in [0.2, 0.25) is 0 Å². The second-order valence-electron chi connectivity index (χ2n) is 5.60. The van der Waals surface area contributed by atoms with Crippen LogP contribution in [0.1, 0.15) is 40.5 Å². The number of cyclic esters (lactones) is 1. The molecule has 4 heteroatoms. The summed E-state index contributed by atoms with van der Waals surface area (Å²) in [4.78, 5) is 23.7. The summed E-state index contributed by atoms with van der Waals surface area (Å²) in [5.41, 5.74) is 2.57. The quantitative estimate of drug-likeness (QED) is 0.744. The number of hydrogen-bond acceptors (Lipinski definition) is 4. The molecule has 0 aromatic heterocycles. The molecule has 1 heterocycles. The molecule has 0 spiro atoms. The molecule has 1 aliphatic carbocycles. The Morgan fingerprint density at radius 2 is 2.10 bits per heavy atom. The predicted octanol–water partition coefficient (Wildman–Crippen LogP) is 2.85. The summed E-state index contributed by atoms with van der Waals surface area (Å²) in [6, 6.07) is 0. The van der Waals surface area contributed by atoms with Crippen LogP contribution in [0, 0.1) is 0 Å². The number of carbonyl (C=O) groups is 2. The zero-order chi connectivity index (χ0) is 14.9. The molecule has 0 radical (unpaired) electrons. The van der Waals surface area contributed by atoms with Crippen molar-refractivity contribution >= 4 is 11.9 Å². The van der Waals surface area contributed by atoms with Crippen molar-refractivity contribution in [2.75, 3.05) is 6.61 Å². The fraction of sp³-hybridized carbons (Fsp3) is 0.500. The SMILES string of the molecule is CCOC(=O)C1=C(C)C=C(C2=CC(C)(C)OC2=O)CC1. The van der Waals surface area contributed by atoms with Gasteiger partial charge in [0.2, 0.25) is 0 Å². The standard InChI is InChI=1S/C16H20O4/c1-5-19-14(17)12-7-6-11(8-10(12)2)13-9-16(3,4)20-15(13)18/h8-9H,5-7H2,1-4H3. The third kappa shape index (κ3) is 2.84. The van der Waals surface area contributed by atoms with Gasteiger partial charge in [0.05, 0.1) is 12.2 Å². The van der Waals surface area contributed by atoms with Crippen LogP contribution in [0.4, 0.5) is 0 Å². The monoisotopic (exact) mass is 276 g/mol. The molecule has 0 amide bonds. The molecule has 0 aromatic rings. The van der Waals surface area contributed by atoms with Gasteiger partial charge in [-0.1, -0.05) is 6.08 Å². The molecule has 4 nitrogen and oxygen atoms in total. The van der Waals surface area contributed by atoms with Crippen LogP contribution in [0.25, 0.3) is 0 Å². The molecule has 0 N–H and O–H groups in total. The maximum Gasteiger partial charge on any atom is 0.339 e. The lowest BCUT2D eigenvalue weighted by atomic mass is 9.88. The van der Waals surface area contributed by atoms with Crippen molar-refractivity contribution < 1.29 is 19.1 Å². The molecule has 2 rings (SSSR count). The normalized spacial score (nSPS) is 21.3. The smallest absolute Gasteiger partial charge is 0.339 e. The van der Waals surface area contributed by atoms with Crippen LogP contribution in [0.3, 0.4) is 0 Å². The van der Waals surface area contributed by atoms with E-state index < -0.39 is 5.60 Å². The van der Waals surface area contributed by atoms with Gasteiger partial charge in [-0.15, -0.1) is 0 Å². The van der Waals surface area contributed by atoms with E-state index in [1.807, 2.05) is 32.9 Å². The molecule has 0 fully saturated rings. The van der Waals surface area contributed by atoms with Gasteiger partial charge in [0.15, 0.2) is 0 Å². The van der Waals surface area contributed by atoms with Gasteiger partial charge < -0.3 is 9.47 Å². The summed E-state index contributed by atoms with van der Waals surface area (Å²) in [6.45, 7) is 7.75. The molecule has 1 aliphatic heterocycles. The number of ether oxygens (including phenoxy) is 2. The first-order valence-electron chi connectivity index (χ1n) is 6.88. The molecule has 108 valence electrons. The van der Waals surface area contributed by atoms with E-state index in [1.54, 1.807) is 6.92 Å². The van der Waals surface area contributed by atoms with Gasteiger partial charge in [-0.2, -0.15) is 0 Å². The van der Waals surface area contributed by atoms with Crippen LogP contribution in [-0.2, 0) is 19.1 Å². The number of hydrogen-bond donors (Lipinski definition) is 0. The van der Waals surface area contributed by atoms with E-state index in [9.17, 15) is 9.59 Å². The number of allylic oxidation sites excluding steroid dienone is 2. The summed E-state index contributed by atoms with van der Waals surface area (Å²) in [5, 5.41) is 0. The third-order valence-corrected chi connectivity index (χ3v) is 3.45. The molecule has 0 atom stereocenters. The summed E-state index contributed by atoms with van der Waals surface area (Å²) in [5.74, 6) is -0.544. The third-order valence-electron chi connectivity index (χ3n) is 3.45. The lowest BCUT2D eigenvalue weighted by Crippen LogP contribution is -2.18. The van der Waals surface area contributed by atoms with E-state index in [-0.39, 0.29) is 11.9 Å². The Hall–Kier alpha value is -1.84. The molecule has 0 aromatic carbocycles. The zero-order valence-electron chi connectivity index (χ0n) is 12.4. The van der Waals surface area contributed by atoms with Crippen molar-refractivity contribution in [2.45, 2.75) is 46.1 Å². The van der Waals surface area contributed by atoms with E-state index in [0.29, 0.717) is 30.6 Å². The van der Waals surface area contributed by atoms with E-state index in [2.05, 4.69) is 0 Å². The highest BCUT2D eigenvalue weighted by atomic mass is 16.6. The fourth-order valence-electron chi connectivity index (χ4n) is 2.52. The molecule has 20 heavy (non-hydrogen) atoms. The van der Waals surface area contributed by atoms with Gasteiger partial charge in [-0.3, -0.25) is 0 Å². The predicted molar refractivity (Wildman–Crippen MR) is 74.9 cm³/mol. The Kier molecular flexibility index (Phi) is 3.84. The molecular weight excluding hydrogens is 256 g/mol. The Morgan fingerprint density at radius 1 is 1.40 bits per heavy atom. The van der Waals surface area contributed by atoms with E-state index in [1.165, 1.54) is 0 Å². The van der Waals surface area contributed by atoms with Crippen molar-refractivity contribution in [1.82, 2.24) is 0 Å². The lowest BCUT2D eigenvalue weighted by Gasteiger charge is -2.17. The Labute approximate surface area is 119 Å². The van der Waals surface area contributed by atoms with E-state index in [0.717, 1.165) is 11.1 Å². The maximum atomic E-state index is 11.9. The lowest BCUT2D eigenvalue weighted by molar-refractivity contribution is -0.144. The van der Waals surface area contributed by atoms with Gasteiger partial charge >= 0.3 is 11.9 Å². The largest absolute Gasteiger partial charge is 0.463 e. The maximum absolute atomic E-state index is 11.9. The minimum atomic E-state index is -0.549. The fourth-order valence-corrected chi connectivity index (χ4v) is 2.52. The minimum Gasteiger partial charge on any atom is -0.463 e. The summed E-state index contributed by atoms with van der Waals surface area (Å²) >= 11 is 0.